The highest BCUT2D eigenvalue weighted by atomic mass is 35.5. The van der Waals surface area contributed by atoms with E-state index in [1.54, 1.807) is 20.2 Å². The molecule has 0 spiro atoms. The van der Waals surface area contributed by atoms with Crippen molar-refractivity contribution in [2.75, 3.05) is 31.9 Å². The fourth-order valence-corrected chi connectivity index (χ4v) is 4.69. The van der Waals surface area contributed by atoms with Gasteiger partial charge < -0.3 is 19.2 Å². The fourth-order valence-electron chi connectivity index (χ4n) is 4.47. The number of ether oxygens (including phenoxy) is 3. The Hall–Kier alpha value is -2.51. The highest BCUT2D eigenvalue weighted by molar-refractivity contribution is 6.32. The first kappa shape index (κ1) is 21.7. The van der Waals surface area contributed by atoms with E-state index in [1.165, 1.54) is 6.07 Å². The zero-order chi connectivity index (χ0) is 22.1. The molecular formula is C23H27ClN2O5. The number of hydrogen-bond acceptors (Lipinski definition) is 6. The third kappa shape index (κ3) is 3.92. The number of fused-ring (bicyclic) bond motifs is 6. The summed E-state index contributed by atoms with van der Waals surface area (Å²) >= 11 is 6.54. The Kier molecular flexibility index (Phi) is 6.25. The molecule has 0 aliphatic carbocycles. The number of methoxy groups -OCH3 is 1. The van der Waals surface area contributed by atoms with Gasteiger partial charge in [-0.05, 0) is 44.4 Å². The van der Waals surface area contributed by atoms with Gasteiger partial charge in [0.05, 0.1) is 30.0 Å². The number of nitrogens with zero attached hydrogens (tertiary/aromatic N) is 2. The Balaban J connectivity index is 1.80. The summed E-state index contributed by atoms with van der Waals surface area (Å²) in [6.07, 6.45) is 4.33. The lowest BCUT2D eigenvalue weighted by Crippen LogP contribution is -2.43. The van der Waals surface area contributed by atoms with Crippen LogP contribution in [0.15, 0.2) is 29.2 Å². The molecule has 0 saturated carbocycles. The first-order chi connectivity index (χ1) is 15.0. The van der Waals surface area contributed by atoms with Crippen LogP contribution in [0.2, 0.25) is 5.02 Å². The summed E-state index contributed by atoms with van der Waals surface area (Å²) in [6.45, 7) is 5.22. The number of aromatic nitrogens is 1. The minimum absolute atomic E-state index is 0.0380. The monoisotopic (exact) mass is 446 g/mol. The third-order valence-corrected chi connectivity index (χ3v) is 6.19. The number of rotatable bonds is 7. The number of esters is 1. The van der Waals surface area contributed by atoms with Crippen molar-refractivity contribution in [1.82, 2.24) is 4.68 Å². The van der Waals surface area contributed by atoms with Crippen molar-refractivity contribution < 1.29 is 19.0 Å². The second-order valence-corrected chi connectivity index (χ2v) is 8.30. The van der Waals surface area contributed by atoms with E-state index >= 15 is 0 Å². The smallest absolute Gasteiger partial charge is 0.343 e. The highest BCUT2D eigenvalue weighted by Crippen LogP contribution is 2.46. The van der Waals surface area contributed by atoms with Gasteiger partial charge >= 0.3 is 5.97 Å². The standard InChI is InChI=1S/C23H27ClN2O5/c1-4-30-23(28)17-13-25-20(12-21(17)27)15-10-18(24)22(31-9-5-8-29-3)11-16(15)19-7-6-14(2)26(19)25/h10-14,19H,4-9H2,1-3H3/t14-,19-/m0/s1. The van der Waals surface area contributed by atoms with Crippen molar-refractivity contribution >= 4 is 17.6 Å². The molecule has 1 aromatic heterocycles. The van der Waals surface area contributed by atoms with Crippen LogP contribution in [0.4, 0.5) is 0 Å². The first-order valence-corrected chi connectivity index (χ1v) is 11.0. The van der Waals surface area contributed by atoms with Crippen LogP contribution in [-0.2, 0) is 9.47 Å². The van der Waals surface area contributed by atoms with E-state index in [0.717, 1.165) is 30.4 Å². The van der Waals surface area contributed by atoms with Gasteiger partial charge in [0.25, 0.3) is 0 Å². The van der Waals surface area contributed by atoms with Crippen molar-refractivity contribution in [2.24, 2.45) is 0 Å². The molecule has 7 nitrogen and oxygen atoms in total. The first-order valence-electron chi connectivity index (χ1n) is 10.6. The van der Waals surface area contributed by atoms with E-state index in [9.17, 15) is 9.59 Å². The minimum atomic E-state index is -0.602. The van der Waals surface area contributed by atoms with Crippen LogP contribution in [0.1, 0.15) is 55.1 Å². The summed E-state index contributed by atoms with van der Waals surface area (Å²) in [5, 5.41) is 2.71. The van der Waals surface area contributed by atoms with Crippen LogP contribution in [0.25, 0.3) is 11.3 Å². The molecule has 2 aliphatic heterocycles. The van der Waals surface area contributed by atoms with Gasteiger partial charge in [-0.1, -0.05) is 11.6 Å². The molecule has 0 unspecified atom stereocenters. The maximum atomic E-state index is 12.7. The van der Waals surface area contributed by atoms with Crippen LogP contribution in [0, 0.1) is 0 Å². The zero-order valence-corrected chi connectivity index (χ0v) is 18.8. The van der Waals surface area contributed by atoms with E-state index in [4.69, 9.17) is 25.8 Å². The average Bonchev–Trinajstić information content (AvgIpc) is 3.13. The van der Waals surface area contributed by atoms with Gasteiger partial charge in [-0.25, -0.2) is 4.79 Å². The highest BCUT2D eigenvalue weighted by Gasteiger charge is 2.39. The van der Waals surface area contributed by atoms with E-state index in [-0.39, 0.29) is 29.7 Å². The predicted molar refractivity (Wildman–Crippen MR) is 119 cm³/mol. The number of carbonyl (C=O) groups is 1. The Labute approximate surface area is 186 Å². The molecule has 2 aromatic rings. The van der Waals surface area contributed by atoms with Crippen LogP contribution >= 0.6 is 11.6 Å². The van der Waals surface area contributed by atoms with Gasteiger partial charge in [0.2, 0.25) is 0 Å². The SMILES string of the molecule is CCOC(=O)c1cn2c(cc1=O)-c1cc(Cl)c(OCCCOC)cc1[C@@H]1CC[C@H](C)N12. The van der Waals surface area contributed by atoms with Crippen molar-refractivity contribution in [2.45, 2.75) is 45.2 Å². The van der Waals surface area contributed by atoms with Gasteiger partial charge in [-0.2, -0.15) is 0 Å². The molecule has 166 valence electrons. The summed E-state index contributed by atoms with van der Waals surface area (Å²) in [5.74, 6) is 0.0322. The maximum absolute atomic E-state index is 12.7. The summed E-state index contributed by atoms with van der Waals surface area (Å²) in [4.78, 5) is 25.1. The largest absolute Gasteiger partial charge is 0.492 e. The Morgan fingerprint density at radius 2 is 2.03 bits per heavy atom. The molecule has 3 heterocycles. The Bertz CT molecular complexity index is 1050. The van der Waals surface area contributed by atoms with E-state index in [1.807, 2.05) is 16.8 Å². The van der Waals surface area contributed by atoms with Gasteiger partial charge in [0, 0.05) is 44.0 Å². The lowest BCUT2D eigenvalue weighted by atomic mass is 9.94. The summed E-state index contributed by atoms with van der Waals surface area (Å²) in [5.41, 5.74) is 2.36. The fraction of sp³-hybridized carbons (Fsp3) is 0.478. The second-order valence-electron chi connectivity index (χ2n) is 7.89. The van der Waals surface area contributed by atoms with Crippen molar-refractivity contribution in [3.63, 3.8) is 0 Å². The number of pyridine rings is 1. The summed E-state index contributed by atoms with van der Waals surface area (Å²) in [7, 11) is 1.66. The molecule has 0 amide bonds. The van der Waals surface area contributed by atoms with E-state index in [2.05, 4.69) is 11.9 Å². The molecular weight excluding hydrogens is 420 g/mol. The normalized spacial score (nSPS) is 18.9. The molecule has 4 rings (SSSR count). The van der Waals surface area contributed by atoms with Gasteiger partial charge in [-0.3, -0.25) is 9.47 Å². The molecule has 2 aliphatic rings. The van der Waals surface area contributed by atoms with Crippen molar-refractivity contribution in [3.8, 4) is 17.0 Å². The second kappa shape index (κ2) is 8.93. The van der Waals surface area contributed by atoms with Crippen LogP contribution < -0.4 is 15.2 Å². The van der Waals surface area contributed by atoms with Crippen molar-refractivity contribution in [1.29, 1.82) is 0 Å². The lowest BCUT2D eigenvalue weighted by Gasteiger charge is -2.40. The molecule has 2 atom stereocenters. The molecule has 1 saturated heterocycles. The van der Waals surface area contributed by atoms with Crippen LogP contribution in [0.3, 0.4) is 0 Å². The van der Waals surface area contributed by atoms with E-state index in [0.29, 0.717) is 29.7 Å². The molecule has 0 N–H and O–H groups in total. The third-order valence-electron chi connectivity index (χ3n) is 5.89. The quantitative estimate of drug-likeness (QED) is 0.474. The topological polar surface area (TPSA) is 70.0 Å². The Morgan fingerprint density at radius 3 is 2.77 bits per heavy atom. The van der Waals surface area contributed by atoms with Crippen LogP contribution in [0.5, 0.6) is 5.75 Å². The summed E-state index contributed by atoms with van der Waals surface area (Å²) in [6, 6.07) is 5.71. The predicted octanol–water partition coefficient (Wildman–Crippen LogP) is 3.94. The van der Waals surface area contributed by atoms with Gasteiger partial charge in [0.1, 0.15) is 11.3 Å². The molecule has 0 bridgehead atoms. The Morgan fingerprint density at radius 1 is 1.23 bits per heavy atom. The minimum Gasteiger partial charge on any atom is -0.492 e. The van der Waals surface area contributed by atoms with Crippen molar-refractivity contribution in [3.05, 3.63) is 50.8 Å². The van der Waals surface area contributed by atoms with Gasteiger partial charge in [0.15, 0.2) is 5.43 Å². The lowest BCUT2D eigenvalue weighted by molar-refractivity contribution is 0.0523. The number of benzene rings is 1. The number of hydrogen-bond donors (Lipinski definition) is 0. The molecule has 31 heavy (non-hydrogen) atoms. The number of carbonyl (C=O) groups excluding carboxylic acids is 1. The molecule has 1 aromatic carbocycles. The molecule has 0 radical (unpaired) electrons. The van der Waals surface area contributed by atoms with Crippen LogP contribution in [-0.4, -0.2) is 43.6 Å². The maximum Gasteiger partial charge on any atom is 0.343 e. The van der Waals surface area contributed by atoms with Gasteiger partial charge in [-0.15, -0.1) is 0 Å². The summed E-state index contributed by atoms with van der Waals surface area (Å²) < 4.78 is 18.0. The van der Waals surface area contributed by atoms with E-state index < -0.39 is 5.97 Å². The zero-order valence-electron chi connectivity index (χ0n) is 18.0. The average molecular weight is 447 g/mol. The molecule has 8 heteroatoms. The number of halogens is 1. The molecule has 1 fully saturated rings.